The Hall–Kier alpha value is -0.580. The van der Waals surface area contributed by atoms with Crippen LogP contribution in [0.3, 0.4) is 0 Å². The summed E-state index contributed by atoms with van der Waals surface area (Å²) >= 11 is 4.48. The summed E-state index contributed by atoms with van der Waals surface area (Å²) in [4.78, 5) is 9.29. The predicted molar refractivity (Wildman–Crippen MR) is 74.4 cm³/mol. The van der Waals surface area contributed by atoms with Crippen molar-refractivity contribution in [1.29, 1.82) is 0 Å². The molecule has 0 aliphatic carbocycles. The van der Waals surface area contributed by atoms with Crippen LogP contribution >= 0.6 is 12.6 Å². The van der Waals surface area contributed by atoms with E-state index in [4.69, 9.17) is 0 Å². The summed E-state index contributed by atoms with van der Waals surface area (Å²) in [6, 6.07) is 6.13. The average molecular weight is 251 g/mol. The minimum absolute atomic E-state index is 0.382. The zero-order chi connectivity index (χ0) is 12.1. The summed E-state index contributed by atoms with van der Waals surface area (Å²) in [7, 11) is 0. The molecule has 0 N–H and O–H groups in total. The molecule has 1 aliphatic rings. The summed E-state index contributed by atoms with van der Waals surface area (Å²) in [5.41, 5.74) is 1.19. The third-order valence-electron chi connectivity index (χ3n) is 3.35. The molecule has 1 fully saturated rings. The third-order valence-corrected chi connectivity index (χ3v) is 3.67. The Morgan fingerprint density at radius 1 is 1.29 bits per heavy atom. The molecule has 17 heavy (non-hydrogen) atoms. The van der Waals surface area contributed by atoms with Crippen molar-refractivity contribution in [2.45, 2.75) is 18.7 Å². The lowest BCUT2D eigenvalue weighted by Gasteiger charge is -2.36. The fraction of sp³-hybridized carbons (Fsp3) is 0.615. The Morgan fingerprint density at radius 2 is 2.06 bits per heavy atom. The van der Waals surface area contributed by atoms with Crippen LogP contribution in [-0.2, 0) is 6.42 Å². The lowest BCUT2D eigenvalue weighted by atomic mass is 10.2. The first-order valence-electron chi connectivity index (χ1n) is 6.30. The van der Waals surface area contributed by atoms with Gasteiger partial charge in [0.15, 0.2) is 0 Å². The van der Waals surface area contributed by atoms with Crippen molar-refractivity contribution in [1.82, 2.24) is 14.8 Å². The molecule has 1 saturated heterocycles. The van der Waals surface area contributed by atoms with Gasteiger partial charge in [-0.25, -0.2) is 0 Å². The van der Waals surface area contributed by atoms with Gasteiger partial charge in [-0.3, -0.25) is 9.88 Å². The zero-order valence-corrected chi connectivity index (χ0v) is 11.3. The van der Waals surface area contributed by atoms with Crippen LogP contribution in [0, 0.1) is 0 Å². The second-order valence-corrected chi connectivity index (χ2v) is 5.33. The molecular weight excluding hydrogens is 230 g/mol. The molecule has 0 spiro atoms. The van der Waals surface area contributed by atoms with Crippen molar-refractivity contribution in [2.24, 2.45) is 0 Å². The molecule has 4 heteroatoms. The molecule has 0 amide bonds. The first kappa shape index (κ1) is 12.9. The van der Waals surface area contributed by atoms with Gasteiger partial charge in [0.05, 0.1) is 0 Å². The van der Waals surface area contributed by atoms with E-state index in [0.717, 1.165) is 39.1 Å². The molecule has 0 saturated carbocycles. The molecule has 1 unspecified atom stereocenters. The maximum atomic E-state index is 4.48. The molecule has 0 bridgehead atoms. The Bertz CT molecular complexity index is 321. The van der Waals surface area contributed by atoms with Gasteiger partial charge in [0.1, 0.15) is 0 Å². The van der Waals surface area contributed by atoms with E-state index < -0.39 is 0 Å². The van der Waals surface area contributed by atoms with Crippen LogP contribution < -0.4 is 0 Å². The normalized spacial score (nSPS) is 20.4. The number of thiol groups is 1. The van der Waals surface area contributed by atoms with E-state index in [2.05, 4.69) is 46.5 Å². The number of hydrogen-bond acceptors (Lipinski definition) is 4. The lowest BCUT2D eigenvalue weighted by Crippen LogP contribution is -2.48. The van der Waals surface area contributed by atoms with Crippen molar-refractivity contribution < 1.29 is 0 Å². The molecule has 0 radical (unpaired) electrons. The summed E-state index contributed by atoms with van der Waals surface area (Å²) in [6.45, 7) is 7.83. The maximum absolute atomic E-state index is 4.48. The molecule has 1 aromatic heterocycles. The first-order chi connectivity index (χ1) is 8.25. The summed E-state index contributed by atoms with van der Waals surface area (Å²) in [6.07, 6.45) is 2.92. The van der Waals surface area contributed by atoms with Gasteiger partial charge in [-0.1, -0.05) is 6.07 Å². The number of aromatic nitrogens is 1. The van der Waals surface area contributed by atoms with Crippen molar-refractivity contribution in [3.63, 3.8) is 0 Å². The van der Waals surface area contributed by atoms with Crippen LogP contribution in [0.5, 0.6) is 0 Å². The Labute approximate surface area is 109 Å². The number of hydrogen-bond donors (Lipinski definition) is 1. The number of pyridine rings is 1. The lowest BCUT2D eigenvalue weighted by molar-refractivity contribution is 0.130. The predicted octanol–water partition coefficient (Wildman–Crippen LogP) is 1.52. The van der Waals surface area contributed by atoms with E-state index in [-0.39, 0.29) is 0 Å². The van der Waals surface area contributed by atoms with Crippen molar-refractivity contribution >= 4 is 12.6 Å². The van der Waals surface area contributed by atoms with Gasteiger partial charge in [-0.2, -0.15) is 12.6 Å². The van der Waals surface area contributed by atoms with Gasteiger partial charge in [0, 0.05) is 56.4 Å². The second-order valence-electron chi connectivity index (χ2n) is 4.58. The SMILES string of the molecule is CC(S)N1CCN(CCc2ccccn2)CC1. The van der Waals surface area contributed by atoms with Gasteiger partial charge in [-0.15, -0.1) is 0 Å². The Balaban J connectivity index is 1.72. The first-order valence-corrected chi connectivity index (χ1v) is 6.82. The highest BCUT2D eigenvalue weighted by Crippen LogP contribution is 2.09. The topological polar surface area (TPSA) is 19.4 Å². The highest BCUT2D eigenvalue weighted by atomic mass is 32.1. The smallest absolute Gasteiger partial charge is 0.0500 e. The molecule has 2 heterocycles. The van der Waals surface area contributed by atoms with Crippen LogP contribution in [0.25, 0.3) is 0 Å². The van der Waals surface area contributed by atoms with Crippen molar-refractivity contribution in [3.8, 4) is 0 Å². The standard InChI is InChI=1S/C13H21N3S/c1-12(17)16-10-8-15(9-11-16)7-5-13-4-2-3-6-14-13/h2-4,6,12,17H,5,7-11H2,1H3. The highest BCUT2D eigenvalue weighted by molar-refractivity contribution is 7.80. The van der Waals surface area contributed by atoms with Gasteiger partial charge in [0.25, 0.3) is 0 Å². The summed E-state index contributed by atoms with van der Waals surface area (Å²) in [5.74, 6) is 0. The fourth-order valence-corrected chi connectivity index (χ4v) is 2.41. The van der Waals surface area contributed by atoms with Crippen LogP contribution in [0.15, 0.2) is 24.4 Å². The number of nitrogens with zero attached hydrogens (tertiary/aromatic N) is 3. The molecule has 2 rings (SSSR count). The van der Waals surface area contributed by atoms with Crippen LogP contribution in [0.1, 0.15) is 12.6 Å². The Kier molecular flexibility index (Phi) is 4.83. The minimum atomic E-state index is 0.382. The van der Waals surface area contributed by atoms with Crippen LogP contribution in [-0.4, -0.2) is 52.9 Å². The fourth-order valence-electron chi connectivity index (χ4n) is 2.18. The monoisotopic (exact) mass is 251 g/mol. The third kappa shape index (κ3) is 3.98. The molecule has 1 atom stereocenters. The summed E-state index contributed by atoms with van der Waals surface area (Å²) < 4.78 is 0. The maximum Gasteiger partial charge on any atom is 0.0500 e. The molecule has 1 aromatic rings. The van der Waals surface area contributed by atoms with E-state index in [1.807, 2.05) is 12.3 Å². The van der Waals surface area contributed by atoms with Crippen molar-refractivity contribution in [3.05, 3.63) is 30.1 Å². The molecule has 1 aliphatic heterocycles. The van der Waals surface area contributed by atoms with E-state index in [9.17, 15) is 0 Å². The molecular formula is C13H21N3S. The summed E-state index contributed by atoms with van der Waals surface area (Å²) in [5, 5.41) is 0.382. The van der Waals surface area contributed by atoms with Gasteiger partial charge in [0.2, 0.25) is 0 Å². The number of piperazine rings is 1. The Morgan fingerprint density at radius 3 is 2.65 bits per heavy atom. The van der Waals surface area contributed by atoms with Crippen molar-refractivity contribution in [2.75, 3.05) is 32.7 Å². The largest absolute Gasteiger partial charge is 0.300 e. The van der Waals surface area contributed by atoms with E-state index in [0.29, 0.717) is 5.37 Å². The van der Waals surface area contributed by atoms with Gasteiger partial charge < -0.3 is 4.90 Å². The minimum Gasteiger partial charge on any atom is -0.300 e. The van der Waals surface area contributed by atoms with E-state index in [1.54, 1.807) is 0 Å². The average Bonchev–Trinajstić information content (AvgIpc) is 2.38. The second kappa shape index (κ2) is 6.38. The van der Waals surface area contributed by atoms with E-state index in [1.165, 1.54) is 5.69 Å². The van der Waals surface area contributed by atoms with Gasteiger partial charge in [-0.05, 0) is 19.1 Å². The van der Waals surface area contributed by atoms with Crippen LogP contribution in [0.4, 0.5) is 0 Å². The molecule has 3 nitrogen and oxygen atoms in total. The molecule has 0 aromatic carbocycles. The van der Waals surface area contributed by atoms with Crippen LogP contribution in [0.2, 0.25) is 0 Å². The number of rotatable bonds is 4. The quantitative estimate of drug-likeness (QED) is 0.819. The van der Waals surface area contributed by atoms with E-state index >= 15 is 0 Å². The highest BCUT2D eigenvalue weighted by Gasteiger charge is 2.18. The zero-order valence-electron chi connectivity index (χ0n) is 10.4. The molecule has 94 valence electrons. The van der Waals surface area contributed by atoms with Gasteiger partial charge >= 0.3 is 0 Å².